The minimum absolute atomic E-state index is 0.0308. The zero-order chi connectivity index (χ0) is 16.7. The van der Waals surface area contributed by atoms with Crippen molar-refractivity contribution in [1.29, 1.82) is 0 Å². The molecule has 0 heterocycles. The van der Waals surface area contributed by atoms with Gasteiger partial charge in [-0.3, -0.25) is 9.59 Å². The SMILES string of the molecule is O=C(NCCCO)c1cccc(NC(=O)c2cccc(Br)c2)c1. The van der Waals surface area contributed by atoms with Gasteiger partial charge in [-0.1, -0.05) is 28.1 Å². The molecule has 3 N–H and O–H groups in total. The number of hydrogen-bond acceptors (Lipinski definition) is 3. The molecule has 2 aromatic carbocycles. The number of anilines is 1. The Labute approximate surface area is 142 Å². The molecule has 0 saturated heterocycles. The molecule has 0 aliphatic rings. The van der Waals surface area contributed by atoms with Gasteiger partial charge in [-0.15, -0.1) is 0 Å². The number of nitrogens with one attached hydrogen (secondary N) is 2. The normalized spacial score (nSPS) is 10.2. The fourth-order valence-electron chi connectivity index (χ4n) is 1.95. The molecule has 0 aliphatic heterocycles. The Morgan fingerprint density at radius 3 is 2.39 bits per heavy atom. The first kappa shape index (κ1) is 17.2. The fraction of sp³-hybridized carbons (Fsp3) is 0.176. The van der Waals surface area contributed by atoms with E-state index in [1.165, 1.54) is 0 Å². The van der Waals surface area contributed by atoms with Crippen molar-refractivity contribution < 1.29 is 14.7 Å². The molecule has 0 saturated carbocycles. The van der Waals surface area contributed by atoms with E-state index < -0.39 is 0 Å². The van der Waals surface area contributed by atoms with Crippen LogP contribution in [0.3, 0.4) is 0 Å². The number of carbonyl (C=O) groups is 2. The van der Waals surface area contributed by atoms with Crippen molar-refractivity contribution in [3.8, 4) is 0 Å². The highest BCUT2D eigenvalue weighted by molar-refractivity contribution is 9.10. The van der Waals surface area contributed by atoms with Gasteiger partial charge < -0.3 is 15.7 Å². The zero-order valence-corrected chi connectivity index (χ0v) is 14.0. The molecule has 2 amide bonds. The van der Waals surface area contributed by atoms with Crippen LogP contribution in [-0.2, 0) is 0 Å². The van der Waals surface area contributed by atoms with Crippen LogP contribution < -0.4 is 10.6 Å². The molecule has 0 fully saturated rings. The summed E-state index contributed by atoms with van der Waals surface area (Å²) in [6.07, 6.45) is 0.505. The van der Waals surface area contributed by atoms with Crippen molar-refractivity contribution in [2.45, 2.75) is 6.42 Å². The van der Waals surface area contributed by atoms with E-state index in [1.807, 2.05) is 6.07 Å². The van der Waals surface area contributed by atoms with Crippen LogP contribution in [-0.4, -0.2) is 30.1 Å². The molecule has 0 atom stereocenters. The van der Waals surface area contributed by atoms with Crippen LogP contribution in [0.15, 0.2) is 53.0 Å². The third-order valence-corrected chi connectivity index (χ3v) is 3.58. The van der Waals surface area contributed by atoms with E-state index in [2.05, 4.69) is 26.6 Å². The average Bonchev–Trinajstić information content (AvgIpc) is 2.55. The van der Waals surface area contributed by atoms with E-state index in [1.54, 1.807) is 42.5 Å². The van der Waals surface area contributed by atoms with Crippen LogP contribution >= 0.6 is 15.9 Å². The Hall–Kier alpha value is -2.18. The minimum Gasteiger partial charge on any atom is -0.396 e. The maximum absolute atomic E-state index is 12.2. The second-order valence-corrected chi connectivity index (χ2v) is 5.79. The topological polar surface area (TPSA) is 78.4 Å². The molecule has 5 nitrogen and oxygen atoms in total. The predicted molar refractivity (Wildman–Crippen MR) is 92.6 cm³/mol. The van der Waals surface area contributed by atoms with Crippen LogP contribution in [0.4, 0.5) is 5.69 Å². The van der Waals surface area contributed by atoms with Gasteiger partial charge in [-0.05, 0) is 42.8 Å². The van der Waals surface area contributed by atoms with E-state index >= 15 is 0 Å². The second-order valence-electron chi connectivity index (χ2n) is 4.88. The number of halogens is 1. The summed E-state index contributed by atoms with van der Waals surface area (Å²) >= 11 is 3.33. The van der Waals surface area contributed by atoms with Gasteiger partial charge in [-0.25, -0.2) is 0 Å². The van der Waals surface area contributed by atoms with Crippen molar-refractivity contribution in [2.24, 2.45) is 0 Å². The lowest BCUT2D eigenvalue weighted by atomic mass is 10.1. The molecule has 0 spiro atoms. The van der Waals surface area contributed by atoms with Crippen molar-refractivity contribution in [1.82, 2.24) is 5.32 Å². The third kappa shape index (κ3) is 5.19. The number of hydrogen-bond donors (Lipinski definition) is 3. The summed E-state index contributed by atoms with van der Waals surface area (Å²) in [5.74, 6) is -0.485. The fourth-order valence-corrected chi connectivity index (χ4v) is 2.35. The molecule has 0 radical (unpaired) electrons. The summed E-state index contributed by atoms with van der Waals surface area (Å²) < 4.78 is 0.821. The molecule has 2 rings (SSSR count). The van der Waals surface area contributed by atoms with Crippen LogP contribution in [0.1, 0.15) is 27.1 Å². The first-order valence-corrected chi connectivity index (χ1v) is 7.95. The summed E-state index contributed by atoms with van der Waals surface area (Å²) in [5, 5.41) is 14.2. The predicted octanol–water partition coefficient (Wildman–Crippen LogP) is 2.81. The molecule has 0 aromatic heterocycles. The van der Waals surface area contributed by atoms with Crippen LogP contribution in [0.2, 0.25) is 0 Å². The molecule has 120 valence electrons. The van der Waals surface area contributed by atoms with Crippen molar-refractivity contribution >= 4 is 33.4 Å². The van der Waals surface area contributed by atoms with Crippen molar-refractivity contribution in [3.63, 3.8) is 0 Å². The molecule has 2 aromatic rings. The smallest absolute Gasteiger partial charge is 0.255 e. The largest absolute Gasteiger partial charge is 0.396 e. The number of rotatable bonds is 6. The van der Waals surface area contributed by atoms with Crippen molar-refractivity contribution in [3.05, 3.63) is 64.1 Å². The summed E-state index contributed by atoms with van der Waals surface area (Å²) in [6.45, 7) is 0.437. The Kier molecular flexibility index (Phi) is 6.31. The maximum atomic E-state index is 12.2. The Bertz CT molecular complexity index is 704. The van der Waals surface area contributed by atoms with Gasteiger partial charge in [0.25, 0.3) is 11.8 Å². The van der Waals surface area contributed by atoms with Gasteiger partial charge in [0.1, 0.15) is 0 Å². The highest BCUT2D eigenvalue weighted by atomic mass is 79.9. The lowest BCUT2D eigenvalue weighted by Crippen LogP contribution is -2.25. The standard InChI is InChI=1S/C17H17BrN2O3/c18-14-6-1-4-12(10-14)17(23)20-15-7-2-5-13(11-15)16(22)19-8-3-9-21/h1-2,4-7,10-11,21H,3,8-9H2,(H,19,22)(H,20,23). The first-order chi connectivity index (χ1) is 11.1. The third-order valence-electron chi connectivity index (χ3n) is 3.09. The van der Waals surface area contributed by atoms with Gasteiger partial charge in [0.2, 0.25) is 0 Å². The molecule has 0 unspecified atom stereocenters. The van der Waals surface area contributed by atoms with E-state index in [4.69, 9.17) is 5.11 Å². The van der Waals surface area contributed by atoms with E-state index in [0.717, 1.165) is 4.47 Å². The lowest BCUT2D eigenvalue weighted by molar-refractivity contribution is 0.0949. The molecule has 23 heavy (non-hydrogen) atoms. The van der Waals surface area contributed by atoms with Gasteiger partial charge in [0, 0.05) is 34.4 Å². The summed E-state index contributed by atoms with van der Waals surface area (Å²) in [5.41, 5.74) is 1.52. The van der Waals surface area contributed by atoms with E-state index in [0.29, 0.717) is 29.8 Å². The van der Waals surface area contributed by atoms with Gasteiger partial charge in [0.05, 0.1) is 0 Å². The summed E-state index contributed by atoms with van der Waals surface area (Å²) in [7, 11) is 0. The Balaban J connectivity index is 2.05. The molecule has 0 aliphatic carbocycles. The second kappa shape index (κ2) is 8.45. The Morgan fingerprint density at radius 1 is 1.00 bits per heavy atom. The van der Waals surface area contributed by atoms with E-state index in [9.17, 15) is 9.59 Å². The number of aliphatic hydroxyl groups excluding tert-OH is 1. The number of carbonyl (C=O) groups excluding carboxylic acids is 2. The number of amides is 2. The number of aliphatic hydroxyl groups is 1. The lowest BCUT2D eigenvalue weighted by Gasteiger charge is -2.08. The van der Waals surface area contributed by atoms with Crippen LogP contribution in [0.25, 0.3) is 0 Å². The monoisotopic (exact) mass is 376 g/mol. The first-order valence-electron chi connectivity index (χ1n) is 7.16. The summed E-state index contributed by atoms with van der Waals surface area (Å²) in [6, 6.07) is 13.8. The maximum Gasteiger partial charge on any atom is 0.255 e. The van der Waals surface area contributed by atoms with Crippen LogP contribution in [0.5, 0.6) is 0 Å². The molecular formula is C17H17BrN2O3. The summed E-state index contributed by atoms with van der Waals surface area (Å²) in [4.78, 5) is 24.2. The molecule has 0 bridgehead atoms. The number of benzene rings is 2. The molecular weight excluding hydrogens is 360 g/mol. The minimum atomic E-state index is -0.246. The van der Waals surface area contributed by atoms with Crippen molar-refractivity contribution in [2.75, 3.05) is 18.5 Å². The van der Waals surface area contributed by atoms with Gasteiger partial charge in [0.15, 0.2) is 0 Å². The van der Waals surface area contributed by atoms with Crippen LogP contribution in [0, 0.1) is 0 Å². The molecule has 6 heteroatoms. The van der Waals surface area contributed by atoms with Gasteiger partial charge >= 0.3 is 0 Å². The highest BCUT2D eigenvalue weighted by Crippen LogP contribution is 2.15. The quantitative estimate of drug-likeness (QED) is 0.678. The zero-order valence-electron chi connectivity index (χ0n) is 12.4. The average molecular weight is 377 g/mol. The highest BCUT2D eigenvalue weighted by Gasteiger charge is 2.09. The Morgan fingerprint density at radius 2 is 1.70 bits per heavy atom. The van der Waals surface area contributed by atoms with E-state index in [-0.39, 0.29) is 18.4 Å². The van der Waals surface area contributed by atoms with Gasteiger partial charge in [-0.2, -0.15) is 0 Å².